The molecule has 0 heterocycles. The van der Waals surface area contributed by atoms with Crippen molar-refractivity contribution in [1.82, 2.24) is 0 Å². The maximum absolute atomic E-state index is 11.6. The van der Waals surface area contributed by atoms with Gasteiger partial charge in [0.15, 0.2) is 0 Å². The van der Waals surface area contributed by atoms with Crippen LogP contribution in [0.25, 0.3) is 32.7 Å². The first-order valence-electron chi connectivity index (χ1n) is 19.9. The number of carbonyl (C=O) groups excluding carboxylic acids is 1. The molecule has 6 aromatic rings. The van der Waals surface area contributed by atoms with Gasteiger partial charge in [0.1, 0.15) is 11.5 Å². The van der Waals surface area contributed by atoms with Crippen molar-refractivity contribution in [3.05, 3.63) is 130 Å². The van der Waals surface area contributed by atoms with Crippen LogP contribution in [0.2, 0.25) is 0 Å². The van der Waals surface area contributed by atoms with Gasteiger partial charge in [0, 0.05) is 68.6 Å². The molecule has 6 aromatic carbocycles. The van der Waals surface area contributed by atoms with Crippen LogP contribution in [-0.2, 0) is 43.2 Å². The number of carboxylic acid groups (broad SMARTS) is 1. The molecule has 7 heteroatoms. The molecule has 0 aromatic heterocycles. The van der Waals surface area contributed by atoms with Gasteiger partial charge in [-0.05, 0) is 85.5 Å². The molecule has 6 nitrogen and oxygen atoms in total. The molecule has 0 aliphatic carbocycles. The van der Waals surface area contributed by atoms with Gasteiger partial charge in [-0.3, -0.25) is 9.98 Å². The fraction of sp³-hybridized carbons (Fsp3) is 0.327. The van der Waals surface area contributed by atoms with Crippen molar-refractivity contribution in [2.24, 2.45) is 9.98 Å². The van der Waals surface area contributed by atoms with Crippen LogP contribution in [0.15, 0.2) is 107 Å². The van der Waals surface area contributed by atoms with Crippen molar-refractivity contribution in [1.29, 1.82) is 0 Å². The quantitative estimate of drug-likeness (QED) is 0.169. The summed E-state index contributed by atoms with van der Waals surface area (Å²) in [5, 5.41) is 36.5. The molecule has 0 aliphatic heterocycles. The predicted octanol–water partition coefficient (Wildman–Crippen LogP) is 12.5. The number of aliphatic imine (C=N–C) groups is 2. The molecule has 1 radical (unpaired) electrons. The SMILES string of the molecule is CC(=O)[O-].CC(C)(C)c1cc(C=Nc2ccc3ccccc3c2-c2c(N=Cc3cc(C(C)(C)C)cc(C(C)(C)C)c3O)ccc3ccccc23)c(O)c(C(C)(C)C)c1.[Co]. The molecule has 0 saturated heterocycles. The van der Waals surface area contributed by atoms with Crippen molar-refractivity contribution in [3.8, 4) is 22.6 Å². The van der Waals surface area contributed by atoms with Gasteiger partial charge < -0.3 is 20.1 Å². The number of hydrogen-bond acceptors (Lipinski definition) is 6. The first kappa shape index (κ1) is 46.4. The summed E-state index contributed by atoms with van der Waals surface area (Å²) in [5.74, 6) is -0.576. The number of aromatic hydroxyl groups is 2. The Hall–Kier alpha value is -5.24. The zero-order chi connectivity index (χ0) is 43.0. The summed E-state index contributed by atoms with van der Waals surface area (Å²) in [4.78, 5) is 19.3. The van der Waals surface area contributed by atoms with E-state index in [1.54, 1.807) is 0 Å². The number of benzene rings is 6. The Morgan fingerprint density at radius 3 is 1.15 bits per heavy atom. The molecular formula is C52H59CoN2O4-. The second-order valence-electron chi connectivity index (χ2n) is 19.3. The van der Waals surface area contributed by atoms with Crippen LogP contribution >= 0.6 is 0 Å². The zero-order valence-corrected chi connectivity index (χ0v) is 37.9. The first-order valence-corrected chi connectivity index (χ1v) is 19.9. The molecule has 0 fully saturated rings. The summed E-state index contributed by atoms with van der Waals surface area (Å²) in [6.07, 6.45) is 3.62. The number of phenols is 2. The predicted molar refractivity (Wildman–Crippen MR) is 243 cm³/mol. The number of rotatable bonds is 5. The Balaban J connectivity index is 0.00000147. The Bertz CT molecular complexity index is 2380. The van der Waals surface area contributed by atoms with Crippen LogP contribution in [-0.4, -0.2) is 28.6 Å². The maximum atomic E-state index is 11.6. The standard InChI is InChI=1S/C50H56N2O2.C2H4O2.Co/c1-47(2,3)35-25-33(45(53)39(27-35)49(7,8)9)29-51-41-23-21-31-17-13-15-19-37(31)43(41)44-38-20-16-14-18-32(38)22-24-42(44)52-30-34-26-36(48(4,5)6)28-40(46(34)54)50(10,11)12;1-2(3)4;/h13-30,53-54H,1-12H3;1H3,(H,3,4);/p-1. The third-order valence-electron chi connectivity index (χ3n) is 10.4. The van der Waals surface area contributed by atoms with E-state index in [9.17, 15) is 10.2 Å². The van der Waals surface area contributed by atoms with Crippen LogP contribution in [0, 0.1) is 0 Å². The molecule has 59 heavy (non-hydrogen) atoms. The van der Waals surface area contributed by atoms with Crippen molar-refractivity contribution >= 4 is 51.3 Å². The van der Waals surface area contributed by atoms with Crippen molar-refractivity contribution < 1.29 is 36.9 Å². The zero-order valence-electron chi connectivity index (χ0n) is 36.8. The molecule has 0 spiro atoms. The third kappa shape index (κ3) is 10.7. The summed E-state index contributed by atoms with van der Waals surface area (Å²) < 4.78 is 0. The fourth-order valence-electron chi connectivity index (χ4n) is 7.06. The molecule has 311 valence electrons. The number of aliphatic carboxylic acids is 1. The van der Waals surface area contributed by atoms with Crippen LogP contribution in [0.4, 0.5) is 11.4 Å². The van der Waals surface area contributed by atoms with E-state index in [2.05, 4.69) is 180 Å². The molecule has 0 atom stereocenters. The van der Waals surface area contributed by atoms with Gasteiger partial charge in [-0.15, -0.1) is 0 Å². The number of carboxylic acids is 1. The molecule has 0 bridgehead atoms. The number of phenolic OH excluding ortho intramolecular Hbond substituents is 2. The topological polar surface area (TPSA) is 105 Å². The van der Waals surface area contributed by atoms with E-state index in [0.29, 0.717) is 11.1 Å². The summed E-state index contributed by atoms with van der Waals surface area (Å²) in [5.41, 5.74) is 8.16. The van der Waals surface area contributed by atoms with Crippen molar-refractivity contribution in [2.45, 2.75) is 112 Å². The first-order chi connectivity index (χ1) is 26.9. The minimum Gasteiger partial charge on any atom is -0.550 e. The molecule has 0 aliphatic rings. The smallest absolute Gasteiger partial charge is 0.128 e. The van der Waals surface area contributed by atoms with Gasteiger partial charge in [-0.2, -0.15) is 0 Å². The summed E-state index contributed by atoms with van der Waals surface area (Å²) >= 11 is 0. The fourth-order valence-corrected chi connectivity index (χ4v) is 7.06. The van der Waals surface area contributed by atoms with E-state index in [1.165, 1.54) is 0 Å². The molecule has 0 saturated carbocycles. The van der Waals surface area contributed by atoms with Crippen molar-refractivity contribution in [2.75, 3.05) is 0 Å². The molecule has 2 N–H and O–H groups in total. The number of hydrogen-bond donors (Lipinski definition) is 2. The van der Waals surface area contributed by atoms with E-state index in [1.807, 2.05) is 12.4 Å². The normalized spacial score (nSPS) is 12.5. The molecule has 0 amide bonds. The van der Waals surface area contributed by atoms with Crippen molar-refractivity contribution in [3.63, 3.8) is 0 Å². The largest absolute Gasteiger partial charge is 0.550 e. The third-order valence-corrected chi connectivity index (χ3v) is 10.4. The molecule has 6 rings (SSSR count). The van der Waals surface area contributed by atoms with Crippen LogP contribution < -0.4 is 5.11 Å². The van der Waals surface area contributed by atoms with E-state index in [4.69, 9.17) is 19.9 Å². The van der Waals surface area contributed by atoms with Gasteiger partial charge in [-0.25, -0.2) is 0 Å². The number of nitrogens with zero attached hydrogens (tertiary/aromatic N) is 2. The van der Waals surface area contributed by atoms with Crippen LogP contribution in [0.5, 0.6) is 11.5 Å². The van der Waals surface area contributed by atoms with E-state index in [0.717, 1.165) is 73.2 Å². The van der Waals surface area contributed by atoms with E-state index in [-0.39, 0.29) is 49.9 Å². The molecule has 0 unspecified atom stereocenters. The number of carbonyl (C=O) groups is 1. The molecular weight excluding hydrogens is 776 g/mol. The Morgan fingerprint density at radius 1 is 0.525 bits per heavy atom. The summed E-state index contributed by atoms with van der Waals surface area (Å²) in [6.45, 7) is 26.9. The minimum atomic E-state index is -1.08. The van der Waals surface area contributed by atoms with Crippen LogP contribution in [0.3, 0.4) is 0 Å². The van der Waals surface area contributed by atoms with Gasteiger partial charge in [0.05, 0.1) is 11.4 Å². The summed E-state index contributed by atoms with van der Waals surface area (Å²) in [6, 6.07) is 33.5. The maximum Gasteiger partial charge on any atom is 0.128 e. The Kier molecular flexibility index (Phi) is 13.8. The van der Waals surface area contributed by atoms with E-state index >= 15 is 0 Å². The minimum absolute atomic E-state index is 0. The van der Waals surface area contributed by atoms with Gasteiger partial charge in [0.25, 0.3) is 0 Å². The van der Waals surface area contributed by atoms with E-state index < -0.39 is 5.97 Å². The second kappa shape index (κ2) is 17.5. The second-order valence-corrected chi connectivity index (χ2v) is 19.3. The monoisotopic (exact) mass is 834 g/mol. The van der Waals surface area contributed by atoms with Gasteiger partial charge in [0.2, 0.25) is 0 Å². The average molecular weight is 835 g/mol. The van der Waals surface area contributed by atoms with Crippen LogP contribution in [0.1, 0.15) is 123 Å². The van der Waals surface area contributed by atoms with Gasteiger partial charge >= 0.3 is 0 Å². The average Bonchev–Trinajstić information content (AvgIpc) is 3.11. The summed E-state index contributed by atoms with van der Waals surface area (Å²) in [7, 11) is 0. The van der Waals surface area contributed by atoms with Gasteiger partial charge in [-0.1, -0.05) is 156 Å². The Labute approximate surface area is 361 Å². The Morgan fingerprint density at radius 2 is 0.847 bits per heavy atom. The number of fused-ring (bicyclic) bond motifs is 2.